The van der Waals surface area contributed by atoms with E-state index in [0.29, 0.717) is 22.1 Å². The van der Waals surface area contributed by atoms with Crippen LogP contribution in [-0.2, 0) is 33.7 Å². The first-order valence-corrected chi connectivity index (χ1v) is 13.7. The SMILES string of the molecule is O=C(Nc1nnc(CCc2ccc(Cl)cc2)s1)[C@H]1CC(=O)N(c2ccc(CN3CC4(COC4)C3)cc2)C1.S. The van der Waals surface area contributed by atoms with E-state index in [-0.39, 0.29) is 31.7 Å². The van der Waals surface area contributed by atoms with Gasteiger partial charge in [0.25, 0.3) is 0 Å². The number of hydrogen-bond acceptors (Lipinski definition) is 7. The Morgan fingerprint density at radius 2 is 1.76 bits per heavy atom. The minimum absolute atomic E-state index is 0. The number of benzene rings is 2. The van der Waals surface area contributed by atoms with E-state index < -0.39 is 5.92 Å². The fourth-order valence-corrected chi connectivity index (χ4v) is 6.14. The van der Waals surface area contributed by atoms with Gasteiger partial charge in [0.2, 0.25) is 16.9 Å². The van der Waals surface area contributed by atoms with Crippen molar-refractivity contribution in [2.75, 3.05) is 43.1 Å². The van der Waals surface area contributed by atoms with Gasteiger partial charge >= 0.3 is 0 Å². The van der Waals surface area contributed by atoms with Gasteiger partial charge in [-0.05, 0) is 41.8 Å². The molecule has 0 unspecified atom stereocenters. The Morgan fingerprint density at radius 1 is 1.05 bits per heavy atom. The fourth-order valence-electron chi connectivity index (χ4n) is 5.27. The molecule has 3 fully saturated rings. The van der Waals surface area contributed by atoms with Gasteiger partial charge in [-0.2, -0.15) is 13.5 Å². The van der Waals surface area contributed by atoms with Crippen molar-refractivity contribution < 1.29 is 14.3 Å². The van der Waals surface area contributed by atoms with Crippen LogP contribution in [0.15, 0.2) is 48.5 Å². The van der Waals surface area contributed by atoms with Crippen LogP contribution in [0.1, 0.15) is 22.6 Å². The number of anilines is 2. The summed E-state index contributed by atoms with van der Waals surface area (Å²) in [6.07, 6.45) is 1.74. The summed E-state index contributed by atoms with van der Waals surface area (Å²) in [5.41, 5.74) is 3.63. The van der Waals surface area contributed by atoms with E-state index >= 15 is 0 Å². The molecule has 11 heteroatoms. The summed E-state index contributed by atoms with van der Waals surface area (Å²) >= 11 is 7.31. The standard InChI is InChI=1S/C27H28ClN5O3S.H2S/c28-21-6-1-18(2-7-21)5-10-23-30-31-26(37-23)29-25(35)20-11-24(34)33(13-20)22-8-3-19(4-9-22)12-32-14-27(15-32)16-36-17-27;/h1-4,6-9,20H,5,10-17H2,(H,29,31,35);1H2/t20-;/m0./s1. The van der Waals surface area contributed by atoms with Gasteiger partial charge in [0.15, 0.2) is 0 Å². The molecule has 4 heterocycles. The van der Waals surface area contributed by atoms with E-state index in [2.05, 4.69) is 32.5 Å². The van der Waals surface area contributed by atoms with Crippen LogP contribution >= 0.6 is 36.4 Å². The fraction of sp³-hybridized carbons (Fsp3) is 0.407. The molecule has 3 saturated heterocycles. The second kappa shape index (κ2) is 11.3. The number of likely N-dealkylation sites (tertiary alicyclic amines) is 1. The van der Waals surface area contributed by atoms with Crippen molar-refractivity contribution in [1.29, 1.82) is 0 Å². The maximum atomic E-state index is 12.9. The van der Waals surface area contributed by atoms with Gasteiger partial charge in [0.1, 0.15) is 5.01 Å². The predicted molar refractivity (Wildman–Crippen MR) is 153 cm³/mol. The number of hydrogen-bond donors (Lipinski definition) is 1. The lowest BCUT2D eigenvalue weighted by Gasteiger charge is -2.55. The largest absolute Gasteiger partial charge is 0.380 e. The second-order valence-corrected chi connectivity index (χ2v) is 11.8. The van der Waals surface area contributed by atoms with E-state index in [1.54, 1.807) is 4.90 Å². The number of aromatic nitrogens is 2. The Morgan fingerprint density at radius 3 is 2.45 bits per heavy atom. The molecule has 38 heavy (non-hydrogen) atoms. The van der Waals surface area contributed by atoms with Crippen LogP contribution in [-0.4, -0.2) is 59.8 Å². The first kappa shape index (κ1) is 27.1. The molecule has 1 N–H and O–H groups in total. The summed E-state index contributed by atoms with van der Waals surface area (Å²) in [6, 6.07) is 15.8. The van der Waals surface area contributed by atoms with Gasteiger partial charge in [-0.3, -0.25) is 14.5 Å². The minimum Gasteiger partial charge on any atom is -0.380 e. The van der Waals surface area contributed by atoms with Crippen molar-refractivity contribution in [1.82, 2.24) is 15.1 Å². The van der Waals surface area contributed by atoms with Crippen molar-refractivity contribution in [3.05, 3.63) is 69.7 Å². The molecular weight excluding hydrogens is 542 g/mol. The van der Waals surface area contributed by atoms with Crippen LogP contribution in [0.25, 0.3) is 0 Å². The first-order valence-electron chi connectivity index (χ1n) is 12.5. The number of halogens is 1. The van der Waals surface area contributed by atoms with Crippen molar-refractivity contribution in [3.8, 4) is 0 Å². The molecule has 8 nitrogen and oxygen atoms in total. The van der Waals surface area contributed by atoms with Crippen molar-refractivity contribution in [2.45, 2.75) is 25.8 Å². The van der Waals surface area contributed by atoms with Crippen LogP contribution in [0.2, 0.25) is 5.02 Å². The van der Waals surface area contributed by atoms with Crippen LogP contribution in [0.3, 0.4) is 0 Å². The molecule has 0 saturated carbocycles. The Kier molecular flexibility index (Phi) is 8.06. The van der Waals surface area contributed by atoms with Crippen LogP contribution in [0, 0.1) is 11.3 Å². The number of nitrogens with zero attached hydrogens (tertiary/aromatic N) is 4. The van der Waals surface area contributed by atoms with Gasteiger partial charge in [0, 0.05) is 55.1 Å². The van der Waals surface area contributed by atoms with Gasteiger partial charge in [0.05, 0.1) is 19.1 Å². The van der Waals surface area contributed by atoms with Gasteiger partial charge in [-0.25, -0.2) is 0 Å². The normalized spacial score (nSPS) is 20.1. The smallest absolute Gasteiger partial charge is 0.231 e. The molecule has 2 aromatic carbocycles. The van der Waals surface area contributed by atoms with Gasteiger partial charge in [-0.15, -0.1) is 10.2 Å². The molecule has 3 aliphatic rings. The summed E-state index contributed by atoms with van der Waals surface area (Å²) in [4.78, 5) is 29.7. The highest BCUT2D eigenvalue weighted by molar-refractivity contribution is 7.59. The molecule has 1 spiro atoms. The zero-order valence-electron chi connectivity index (χ0n) is 20.9. The Hall–Kier alpha value is -2.50. The third-order valence-corrected chi connectivity index (χ3v) is 8.47. The Balaban J connectivity index is 0.00000294. The highest BCUT2D eigenvalue weighted by Crippen LogP contribution is 2.38. The summed E-state index contributed by atoms with van der Waals surface area (Å²) in [7, 11) is 0. The van der Waals surface area contributed by atoms with E-state index in [1.807, 2.05) is 36.4 Å². The molecule has 1 atom stereocenters. The Labute approximate surface area is 237 Å². The minimum atomic E-state index is -0.421. The maximum Gasteiger partial charge on any atom is 0.231 e. The average molecular weight is 572 g/mol. The summed E-state index contributed by atoms with van der Waals surface area (Å²) < 4.78 is 5.35. The second-order valence-electron chi connectivity index (χ2n) is 10.3. The maximum absolute atomic E-state index is 12.9. The summed E-state index contributed by atoms with van der Waals surface area (Å²) in [5.74, 6) is -0.654. The van der Waals surface area contributed by atoms with E-state index in [1.165, 1.54) is 22.5 Å². The third-order valence-electron chi connectivity index (χ3n) is 7.32. The Bertz CT molecular complexity index is 1290. The van der Waals surface area contributed by atoms with Crippen LogP contribution < -0.4 is 10.2 Å². The quantitative estimate of drug-likeness (QED) is 0.441. The number of nitrogens with one attached hydrogen (secondary N) is 1. The van der Waals surface area contributed by atoms with Crippen LogP contribution in [0.4, 0.5) is 10.8 Å². The molecule has 0 aliphatic carbocycles. The summed E-state index contributed by atoms with van der Waals surface area (Å²) in [6.45, 7) is 5.23. The number of rotatable bonds is 8. The van der Waals surface area contributed by atoms with Crippen LogP contribution in [0.5, 0.6) is 0 Å². The lowest BCUT2D eigenvalue weighted by molar-refractivity contribution is -0.191. The lowest BCUT2D eigenvalue weighted by atomic mass is 9.78. The molecule has 2 amide bonds. The number of ether oxygens (including phenoxy) is 1. The molecule has 3 aromatic rings. The number of carbonyl (C=O) groups is 2. The molecule has 1 aromatic heterocycles. The van der Waals surface area contributed by atoms with Crippen molar-refractivity contribution >= 4 is 59.1 Å². The zero-order valence-corrected chi connectivity index (χ0v) is 23.4. The molecule has 6 rings (SSSR count). The first-order chi connectivity index (χ1) is 17.9. The monoisotopic (exact) mass is 571 g/mol. The predicted octanol–water partition coefficient (Wildman–Crippen LogP) is 3.91. The number of carbonyl (C=O) groups excluding carboxylic acids is 2. The zero-order chi connectivity index (χ0) is 25.4. The summed E-state index contributed by atoms with van der Waals surface area (Å²) in [5, 5.41) is 13.2. The lowest BCUT2D eigenvalue weighted by Crippen LogP contribution is -2.65. The van der Waals surface area contributed by atoms with Gasteiger partial charge < -0.3 is 15.0 Å². The van der Waals surface area contributed by atoms with E-state index in [0.717, 1.165) is 56.4 Å². The van der Waals surface area contributed by atoms with E-state index in [4.69, 9.17) is 16.3 Å². The highest BCUT2D eigenvalue weighted by Gasteiger charge is 2.48. The molecule has 0 bridgehead atoms. The topological polar surface area (TPSA) is 87.7 Å². The van der Waals surface area contributed by atoms with E-state index in [9.17, 15) is 9.59 Å². The number of amides is 2. The molecule has 200 valence electrons. The molecule has 0 radical (unpaired) electrons. The van der Waals surface area contributed by atoms with Crippen molar-refractivity contribution in [3.63, 3.8) is 0 Å². The molecule has 3 aliphatic heterocycles. The van der Waals surface area contributed by atoms with Gasteiger partial charge in [-0.1, -0.05) is 47.2 Å². The molecular formula is C27H30ClN5O3S2. The third kappa shape index (κ3) is 5.89. The average Bonchev–Trinajstić information content (AvgIpc) is 3.46. The highest BCUT2D eigenvalue weighted by atomic mass is 35.5. The number of aryl methyl sites for hydroxylation is 2. The van der Waals surface area contributed by atoms with Crippen molar-refractivity contribution in [2.24, 2.45) is 11.3 Å².